The number of aromatic amines is 1. The normalized spacial score (nSPS) is 10.3. The van der Waals surface area contributed by atoms with Gasteiger partial charge in [0.15, 0.2) is 0 Å². The van der Waals surface area contributed by atoms with Gasteiger partial charge >= 0.3 is 23.9 Å². The standard InChI is InChI=1S/C22H25NO8/c1-14(24)30-13-18-16(9-10-19(25)28-2)17(11-20(26)29-3)21(23-18)22(27)31-12-15-7-5-4-6-8-15/h4-8,23H,9-13H2,1-3H3. The number of methoxy groups -OCH3 is 2. The maximum absolute atomic E-state index is 12.8. The average Bonchev–Trinajstić information content (AvgIpc) is 3.11. The number of H-pyrrole nitrogens is 1. The first-order valence-corrected chi connectivity index (χ1v) is 9.56. The van der Waals surface area contributed by atoms with Gasteiger partial charge in [-0.1, -0.05) is 30.3 Å². The maximum Gasteiger partial charge on any atom is 0.355 e. The minimum atomic E-state index is -0.684. The SMILES string of the molecule is COC(=O)CCc1c(COC(C)=O)[nH]c(C(=O)OCc2ccccc2)c1CC(=O)OC. The highest BCUT2D eigenvalue weighted by Crippen LogP contribution is 2.24. The number of nitrogens with one attached hydrogen (secondary N) is 1. The molecule has 0 bridgehead atoms. The third-order valence-electron chi connectivity index (χ3n) is 4.50. The molecule has 0 unspecified atom stereocenters. The summed E-state index contributed by atoms with van der Waals surface area (Å²) >= 11 is 0. The Morgan fingerprint density at radius 2 is 1.55 bits per heavy atom. The Kier molecular flexibility index (Phi) is 8.80. The first-order chi connectivity index (χ1) is 14.8. The molecule has 0 atom stereocenters. The fraction of sp³-hybridized carbons (Fsp3) is 0.364. The van der Waals surface area contributed by atoms with Crippen LogP contribution in [0.5, 0.6) is 0 Å². The topological polar surface area (TPSA) is 121 Å². The van der Waals surface area contributed by atoms with E-state index >= 15 is 0 Å². The molecule has 0 aliphatic heterocycles. The van der Waals surface area contributed by atoms with Gasteiger partial charge in [0, 0.05) is 13.3 Å². The number of ether oxygens (including phenoxy) is 4. The Labute approximate surface area is 179 Å². The molecule has 1 heterocycles. The first-order valence-electron chi connectivity index (χ1n) is 9.56. The lowest BCUT2D eigenvalue weighted by Gasteiger charge is -2.08. The van der Waals surface area contributed by atoms with Crippen molar-refractivity contribution in [3.8, 4) is 0 Å². The smallest absolute Gasteiger partial charge is 0.355 e. The molecule has 1 N–H and O–H groups in total. The summed E-state index contributed by atoms with van der Waals surface area (Å²) in [6.45, 7) is 1.13. The lowest BCUT2D eigenvalue weighted by Crippen LogP contribution is -2.13. The van der Waals surface area contributed by atoms with Crippen LogP contribution in [0, 0.1) is 0 Å². The van der Waals surface area contributed by atoms with Gasteiger partial charge in [0.2, 0.25) is 0 Å². The van der Waals surface area contributed by atoms with Crippen molar-refractivity contribution in [1.29, 1.82) is 0 Å². The van der Waals surface area contributed by atoms with E-state index in [4.69, 9.17) is 14.2 Å². The minimum absolute atomic E-state index is 0.00804. The Balaban J connectivity index is 2.37. The van der Waals surface area contributed by atoms with Crippen molar-refractivity contribution in [3.05, 3.63) is 58.4 Å². The molecule has 166 valence electrons. The van der Waals surface area contributed by atoms with Crippen LogP contribution in [0.4, 0.5) is 0 Å². The van der Waals surface area contributed by atoms with E-state index in [9.17, 15) is 19.2 Å². The predicted molar refractivity (Wildman–Crippen MR) is 108 cm³/mol. The molecule has 2 rings (SSSR count). The van der Waals surface area contributed by atoms with Gasteiger partial charge in [0.05, 0.1) is 26.3 Å². The van der Waals surface area contributed by atoms with Crippen LogP contribution in [0.1, 0.15) is 46.2 Å². The highest BCUT2D eigenvalue weighted by molar-refractivity contribution is 5.92. The van der Waals surface area contributed by atoms with Crippen molar-refractivity contribution in [3.63, 3.8) is 0 Å². The number of hydrogen-bond donors (Lipinski definition) is 1. The summed E-state index contributed by atoms with van der Waals surface area (Å²) in [4.78, 5) is 50.6. The number of hydrogen-bond acceptors (Lipinski definition) is 8. The number of esters is 4. The quantitative estimate of drug-likeness (QED) is 0.449. The third kappa shape index (κ3) is 6.98. The van der Waals surface area contributed by atoms with E-state index in [1.54, 1.807) is 0 Å². The number of aromatic nitrogens is 1. The summed E-state index contributed by atoms with van der Waals surface area (Å²) < 4.78 is 19.9. The zero-order chi connectivity index (χ0) is 22.8. The molecule has 9 nitrogen and oxygen atoms in total. The van der Waals surface area contributed by atoms with E-state index < -0.39 is 23.9 Å². The summed E-state index contributed by atoms with van der Waals surface area (Å²) in [5.41, 5.74) is 2.07. The third-order valence-corrected chi connectivity index (χ3v) is 4.50. The second-order valence-electron chi connectivity index (χ2n) is 6.61. The molecule has 1 aromatic carbocycles. The van der Waals surface area contributed by atoms with Crippen molar-refractivity contribution < 1.29 is 38.1 Å². The zero-order valence-electron chi connectivity index (χ0n) is 17.7. The van der Waals surface area contributed by atoms with Gasteiger partial charge in [-0.25, -0.2) is 4.79 Å². The van der Waals surface area contributed by atoms with Crippen LogP contribution in [-0.2, 0) is 59.4 Å². The van der Waals surface area contributed by atoms with Gasteiger partial charge in [-0.3, -0.25) is 14.4 Å². The second-order valence-corrected chi connectivity index (χ2v) is 6.61. The van der Waals surface area contributed by atoms with E-state index in [1.165, 1.54) is 21.1 Å². The Hall–Kier alpha value is -3.62. The lowest BCUT2D eigenvalue weighted by molar-refractivity contribution is -0.143. The van der Waals surface area contributed by atoms with Crippen molar-refractivity contribution in [2.45, 2.75) is 39.4 Å². The van der Waals surface area contributed by atoms with Gasteiger partial charge in [-0.2, -0.15) is 0 Å². The molecular weight excluding hydrogens is 406 g/mol. The van der Waals surface area contributed by atoms with Gasteiger partial charge in [-0.15, -0.1) is 0 Å². The van der Waals surface area contributed by atoms with Crippen LogP contribution in [0.15, 0.2) is 30.3 Å². The number of benzene rings is 1. The lowest BCUT2D eigenvalue weighted by atomic mass is 10.0. The van der Waals surface area contributed by atoms with Gasteiger partial charge in [0.25, 0.3) is 0 Å². The Morgan fingerprint density at radius 3 is 2.16 bits per heavy atom. The molecule has 0 aliphatic carbocycles. The first kappa shape index (κ1) is 23.7. The Bertz CT molecular complexity index is 932. The molecule has 1 aromatic heterocycles. The molecule has 0 saturated carbocycles. The van der Waals surface area contributed by atoms with Gasteiger partial charge in [-0.05, 0) is 23.1 Å². The number of rotatable bonds is 10. The molecule has 0 amide bonds. The molecule has 0 radical (unpaired) electrons. The fourth-order valence-corrected chi connectivity index (χ4v) is 2.94. The highest BCUT2D eigenvalue weighted by Gasteiger charge is 2.26. The van der Waals surface area contributed by atoms with Crippen LogP contribution in [0.25, 0.3) is 0 Å². The zero-order valence-corrected chi connectivity index (χ0v) is 17.7. The van der Waals surface area contributed by atoms with E-state index in [0.29, 0.717) is 16.8 Å². The largest absolute Gasteiger partial charge is 0.469 e. The fourth-order valence-electron chi connectivity index (χ4n) is 2.94. The summed E-state index contributed by atoms with van der Waals surface area (Å²) in [7, 11) is 2.50. The summed E-state index contributed by atoms with van der Waals surface area (Å²) in [5, 5.41) is 0. The predicted octanol–water partition coefficient (Wildman–Crippen LogP) is 2.26. The average molecular weight is 431 g/mol. The minimum Gasteiger partial charge on any atom is -0.469 e. The number of carbonyl (C=O) groups is 4. The van der Waals surface area contributed by atoms with Crippen LogP contribution in [0.3, 0.4) is 0 Å². The number of carbonyl (C=O) groups excluding carboxylic acids is 4. The highest BCUT2D eigenvalue weighted by atomic mass is 16.5. The van der Waals surface area contributed by atoms with Crippen molar-refractivity contribution in [2.24, 2.45) is 0 Å². The molecule has 0 saturated heterocycles. The molecule has 0 aliphatic rings. The maximum atomic E-state index is 12.8. The van der Waals surface area contributed by atoms with E-state index in [2.05, 4.69) is 9.72 Å². The van der Waals surface area contributed by atoms with Crippen molar-refractivity contribution in [2.75, 3.05) is 14.2 Å². The molecule has 9 heteroatoms. The summed E-state index contributed by atoms with van der Waals surface area (Å²) in [6, 6.07) is 9.11. The second kappa shape index (κ2) is 11.5. The van der Waals surface area contributed by atoms with Gasteiger partial charge in [0.1, 0.15) is 18.9 Å². The molecule has 0 fully saturated rings. The van der Waals surface area contributed by atoms with E-state index in [-0.39, 0.29) is 38.2 Å². The molecule has 2 aromatic rings. The summed E-state index contributed by atoms with van der Waals surface area (Å²) in [6.07, 6.45) is -0.0501. The van der Waals surface area contributed by atoms with Crippen LogP contribution >= 0.6 is 0 Å². The molecular formula is C22H25NO8. The van der Waals surface area contributed by atoms with Crippen molar-refractivity contribution in [1.82, 2.24) is 4.98 Å². The van der Waals surface area contributed by atoms with Crippen LogP contribution < -0.4 is 0 Å². The Morgan fingerprint density at radius 1 is 0.871 bits per heavy atom. The molecule has 31 heavy (non-hydrogen) atoms. The monoisotopic (exact) mass is 431 g/mol. The van der Waals surface area contributed by atoms with E-state index in [0.717, 1.165) is 5.56 Å². The van der Waals surface area contributed by atoms with Crippen LogP contribution in [-0.4, -0.2) is 43.1 Å². The van der Waals surface area contributed by atoms with Crippen LogP contribution in [0.2, 0.25) is 0 Å². The summed E-state index contributed by atoms with van der Waals surface area (Å²) in [5.74, 6) is -2.24. The van der Waals surface area contributed by atoms with Crippen molar-refractivity contribution >= 4 is 23.9 Å². The van der Waals surface area contributed by atoms with E-state index in [1.807, 2.05) is 30.3 Å². The van der Waals surface area contributed by atoms with Gasteiger partial charge < -0.3 is 23.9 Å². The molecule has 0 spiro atoms.